The fraction of sp³-hybridized carbons (Fsp3) is 0.375. The molecule has 178 valence electrons. The van der Waals surface area contributed by atoms with Crippen LogP contribution >= 0.6 is 0 Å². The van der Waals surface area contributed by atoms with E-state index < -0.39 is 16.1 Å². The molecule has 3 rings (SSSR count). The molecule has 0 spiro atoms. The number of aliphatic hydroxyl groups is 1. The smallest absolute Gasteiger partial charge is 0.263 e. The lowest BCUT2D eigenvalue weighted by molar-refractivity contribution is 0.184. The van der Waals surface area contributed by atoms with Crippen molar-refractivity contribution in [2.24, 2.45) is 0 Å². The number of nitrogens with zero attached hydrogens (tertiary/aromatic N) is 3. The maximum atomic E-state index is 13.7. The van der Waals surface area contributed by atoms with Crippen LogP contribution in [0.1, 0.15) is 49.7 Å². The van der Waals surface area contributed by atoms with Gasteiger partial charge in [0.25, 0.3) is 10.0 Å². The van der Waals surface area contributed by atoms with E-state index >= 15 is 0 Å². The Morgan fingerprint density at radius 2 is 1.36 bits per heavy atom. The van der Waals surface area contributed by atoms with Crippen molar-refractivity contribution in [1.82, 2.24) is 14.1 Å². The number of benzene rings is 2. The van der Waals surface area contributed by atoms with E-state index in [9.17, 15) is 13.5 Å². The van der Waals surface area contributed by atoms with E-state index in [4.69, 9.17) is 9.47 Å². The highest BCUT2D eigenvalue weighted by Gasteiger charge is 2.30. The molecule has 9 heteroatoms. The lowest BCUT2D eigenvalue weighted by Crippen LogP contribution is -2.30. The van der Waals surface area contributed by atoms with Crippen molar-refractivity contribution >= 4 is 10.0 Å². The third-order valence-corrected chi connectivity index (χ3v) is 6.97. The highest BCUT2D eigenvalue weighted by atomic mass is 32.2. The normalized spacial score (nSPS) is 12.8. The lowest BCUT2D eigenvalue weighted by atomic mass is 10.2. The van der Waals surface area contributed by atoms with Gasteiger partial charge >= 0.3 is 0 Å². The largest absolute Gasteiger partial charge is 0.497 e. The van der Waals surface area contributed by atoms with Crippen molar-refractivity contribution in [3.8, 4) is 11.5 Å². The van der Waals surface area contributed by atoms with Gasteiger partial charge in [-0.15, -0.1) is 0 Å². The van der Waals surface area contributed by atoms with Gasteiger partial charge in [-0.2, -0.15) is 9.40 Å². The number of ether oxygens (including phenoxy) is 2. The molecule has 0 aliphatic rings. The van der Waals surface area contributed by atoms with Gasteiger partial charge in [0.15, 0.2) is 5.03 Å². The Morgan fingerprint density at radius 3 is 1.70 bits per heavy atom. The van der Waals surface area contributed by atoms with Gasteiger partial charge in [0, 0.05) is 25.2 Å². The molecule has 0 fully saturated rings. The fourth-order valence-electron chi connectivity index (χ4n) is 3.46. The standard InChI is InChI=1S/C24H31N3O5S/c1-17(2)27-23(18(3)28)14-24(25-27)33(29,30)26(15-19-6-10-21(31-4)11-7-19)16-20-8-12-22(32-5)13-9-20/h6-14,17-18,28H,15-16H2,1-5H3. The van der Waals surface area contributed by atoms with Crippen LogP contribution in [-0.2, 0) is 23.1 Å². The molecule has 8 nitrogen and oxygen atoms in total. The van der Waals surface area contributed by atoms with Crippen molar-refractivity contribution in [3.05, 3.63) is 71.4 Å². The van der Waals surface area contributed by atoms with Crippen molar-refractivity contribution in [1.29, 1.82) is 0 Å². The Hall–Kier alpha value is -2.88. The van der Waals surface area contributed by atoms with E-state index in [0.717, 1.165) is 11.1 Å². The monoisotopic (exact) mass is 473 g/mol. The number of hydrogen-bond donors (Lipinski definition) is 1. The number of methoxy groups -OCH3 is 2. The minimum absolute atomic E-state index is 0.0888. The second-order valence-electron chi connectivity index (χ2n) is 8.09. The summed E-state index contributed by atoms with van der Waals surface area (Å²) in [5.41, 5.74) is 2.08. The Morgan fingerprint density at radius 1 is 0.909 bits per heavy atom. The van der Waals surface area contributed by atoms with Gasteiger partial charge in [0.05, 0.1) is 26.0 Å². The van der Waals surface area contributed by atoms with E-state index in [1.165, 1.54) is 10.4 Å². The summed E-state index contributed by atoms with van der Waals surface area (Å²) in [6.45, 7) is 5.68. The van der Waals surface area contributed by atoms with Gasteiger partial charge in [-0.1, -0.05) is 24.3 Å². The summed E-state index contributed by atoms with van der Waals surface area (Å²) < 4.78 is 40.8. The Bertz CT molecular complexity index is 1080. The van der Waals surface area contributed by atoms with Crippen LogP contribution in [0.5, 0.6) is 11.5 Å². The molecule has 33 heavy (non-hydrogen) atoms. The molecule has 0 amide bonds. The molecule has 2 aromatic carbocycles. The van der Waals surface area contributed by atoms with Crippen LogP contribution in [0, 0.1) is 0 Å². The Labute approximate surface area is 195 Å². The topological polar surface area (TPSA) is 93.9 Å². The highest BCUT2D eigenvalue weighted by Crippen LogP contribution is 2.26. The zero-order valence-corrected chi connectivity index (χ0v) is 20.4. The molecule has 1 heterocycles. The first-order valence-corrected chi connectivity index (χ1v) is 12.1. The second kappa shape index (κ2) is 10.4. The maximum Gasteiger partial charge on any atom is 0.263 e. The minimum atomic E-state index is -3.97. The first-order chi connectivity index (χ1) is 15.6. The van der Waals surface area contributed by atoms with Crippen molar-refractivity contribution < 1.29 is 23.0 Å². The average Bonchev–Trinajstić information content (AvgIpc) is 3.27. The summed E-state index contributed by atoms with van der Waals surface area (Å²) >= 11 is 0. The molecular weight excluding hydrogens is 442 g/mol. The average molecular weight is 474 g/mol. The van der Waals surface area contributed by atoms with Crippen LogP contribution in [0.3, 0.4) is 0 Å². The molecule has 1 unspecified atom stereocenters. The third kappa shape index (κ3) is 5.73. The first-order valence-electron chi connectivity index (χ1n) is 10.7. The van der Waals surface area contributed by atoms with Crippen LogP contribution < -0.4 is 9.47 Å². The Balaban J connectivity index is 2.01. The van der Waals surface area contributed by atoms with Gasteiger partial charge in [-0.3, -0.25) is 4.68 Å². The Kier molecular flexibility index (Phi) is 7.78. The van der Waals surface area contributed by atoms with Crippen molar-refractivity contribution in [2.75, 3.05) is 14.2 Å². The van der Waals surface area contributed by atoms with E-state index in [1.807, 2.05) is 38.1 Å². The predicted octanol–water partition coefficient (Wildman–Crippen LogP) is 3.93. The van der Waals surface area contributed by atoms with Gasteiger partial charge < -0.3 is 14.6 Å². The fourth-order valence-corrected chi connectivity index (χ4v) is 4.83. The van der Waals surface area contributed by atoms with Crippen LogP contribution in [-0.4, -0.2) is 41.8 Å². The summed E-state index contributed by atoms with van der Waals surface area (Å²) in [4.78, 5) is 0. The third-order valence-electron chi connectivity index (χ3n) is 5.30. The molecule has 3 aromatic rings. The number of hydrogen-bond acceptors (Lipinski definition) is 6. The van der Waals surface area contributed by atoms with Crippen LogP contribution in [0.2, 0.25) is 0 Å². The molecular formula is C24H31N3O5S. The number of rotatable bonds is 10. The highest BCUT2D eigenvalue weighted by molar-refractivity contribution is 7.89. The quantitative estimate of drug-likeness (QED) is 0.480. The number of aliphatic hydroxyl groups excluding tert-OH is 1. The van der Waals surface area contributed by atoms with E-state index in [-0.39, 0.29) is 24.2 Å². The molecule has 0 saturated heterocycles. The van der Waals surface area contributed by atoms with Crippen LogP contribution in [0.15, 0.2) is 59.6 Å². The molecule has 0 saturated carbocycles. The molecule has 1 atom stereocenters. The summed E-state index contributed by atoms with van der Waals surface area (Å²) in [6.07, 6.45) is -0.847. The van der Waals surface area contributed by atoms with Crippen molar-refractivity contribution in [2.45, 2.75) is 51.0 Å². The van der Waals surface area contributed by atoms with Gasteiger partial charge in [0.1, 0.15) is 11.5 Å². The molecule has 0 radical (unpaired) electrons. The summed E-state index contributed by atoms with van der Waals surface area (Å²) in [7, 11) is -0.803. The zero-order chi connectivity index (χ0) is 24.2. The summed E-state index contributed by atoms with van der Waals surface area (Å²) in [5, 5.41) is 14.4. The molecule has 1 aromatic heterocycles. The number of aromatic nitrogens is 2. The lowest BCUT2D eigenvalue weighted by Gasteiger charge is -2.22. The van der Waals surface area contributed by atoms with Gasteiger partial charge in [-0.05, 0) is 56.2 Å². The molecule has 0 aliphatic carbocycles. The van der Waals surface area contributed by atoms with Crippen LogP contribution in [0.25, 0.3) is 0 Å². The second-order valence-corrected chi connectivity index (χ2v) is 9.98. The van der Waals surface area contributed by atoms with E-state index in [0.29, 0.717) is 17.2 Å². The first kappa shape index (κ1) is 24.8. The van der Waals surface area contributed by atoms with Gasteiger partial charge in [0.2, 0.25) is 0 Å². The summed E-state index contributed by atoms with van der Waals surface area (Å²) in [6, 6.07) is 15.9. The van der Waals surface area contributed by atoms with E-state index in [2.05, 4.69) is 5.10 Å². The van der Waals surface area contributed by atoms with Crippen molar-refractivity contribution in [3.63, 3.8) is 0 Å². The predicted molar refractivity (Wildman–Crippen MR) is 126 cm³/mol. The SMILES string of the molecule is COc1ccc(CN(Cc2ccc(OC)cc2)S(=O)(=O)c2cc(C(C)O)n(C(C)C)n2)cc1. The maximum absolute atomic E-state index is 13.7. The molecule has 0 aliphatic heterocycles. The molecule has 0 bridgehead atoms. The minimum Gasteiger partial charge on any atom is -0.497 e. The van der Waals surface area contributed by atoms with E-state index in [1.54, 1.807) is 50.1 Å². The van der Waals surface area contributed by atoms with Gasteiger partial charge in [-0.25, -0.2) is 8.42 Å². The zero-order valence-electron chi connectivity index (χ0n) is 19.6. The summed E-state index contributed by atoms with van der Waals surface area (Å²) in [5.74, 6) is 1.39. The van der Waals surface area contributed by atoms with Crippen LogP contribution in [0.4, 0.5) is 0 Å². The molecule has 1 N–H and O–H groups in total. The number of sulfonamides is 1.